The Morgan fingerprint density at radius 1 is 1.23 bits per heavy atom. The van der Waals surface area contributed by atoms with Crippen molar-refractivity contribution in [1.29, 1.82) is 0 Å². The molecule has 26 heavy (non-hydrogen) atoms. The van der Waals surface area contributed by atoms with Crippen molar-refractivity contribution < 1.29 is 4.79 Å². The molecule has 0 fully saturated rings. The van der Waals surface area contributed by atoms with E-state index in [0.717, 1.165) is 10.6 Å². The molecule has 8 heteroatoms. The molecule has 6 nitrogen and oxygen atoms in total. The first-order valence-corrected chi connectivity index (χ1v) is 9.47. The van der Waals surface area contributed by atoms with Crippen molar-refractivity contribution in [3.8, 4) is 0 Å². The van der Waals surface area contributed by atoms with Crippen molar-refractivity contribution in [1.82, 2.24) is 20.0 Å². The maximum Gasteiger partial charge on any atom is 0.262 e. The maximum absolute atomic E-state index is 12.6. The average molecular weight is 390 g/mol. The molecule has 2 aromatic heterocycles. The van der Waals surface area contributed by atoms with Gasteiger partial charge in [0.1, 0.15) is 10.2 Å². The summed E-state index contributed by atoms with van der Waals surface area (Å²) in [7, 11) is 0. The van der Waals surface area contributed by atoms with Gasteiger partial charge in [-0.2, -0.15) is 5.10 Å². The summed E-state index contributed by atoms with van der Waals surface area (Å²) in [4.78, 5) is 12.6. The molecule has 1 N–H and O–H groups in total. The van der Waals surface area contributed by atoms with Crippen molar-refractivity contribution in [2.24, 2.45) is 0 Å². The largest absolute Gasteiger partial charge is 0.296 e. The van der Waals surface area contributed by atoms with Gasteiger partial charge in [-0.3, -0.25) is 10.1 Å². The number of carbonyl (C=O) groups excluding carboxylic acids is 1. The molecule has 0 saturated carbocycles. The molecule has 0 saturated heterocycles. The summed E-state index contributed by atoms with van der Waals surface area (Å²) in [6, 6.07) is 8.12. The second kappa shape index (κ2) is 7.55. The number of halogens is 1. The monoisotopic (exact) mass is 389 g/mol. The Balaban J connectivity index is 1.80. The first-order chi connectivity index (χ1) is 12.3. The van der Waals surface area contributed by atoms with E-state index in [1.807, 2.05) is 45.0 Å². The van der Waals surface area contributed by atoms with Gasteiger partial charge in [-0.05, 0) is 19.4 Å². The van der Waals surface area contributed by atoms with Crippen LogP contribution in [0.1, 0.15) is 52.0 Å². The summed E-state index contributed by atoms with van der Waals surface area (Å²) in [5, 5.41) is 16.9. The topological polar surface area (TPSA) is 72.7 Å². The molecule has 0 aliphatic carbocycles. The second-order valence-electron chi connectivity index (χ2n) is 6.45. The van der Waals surface area contributed by atoms with Crippen LogP contribution in [0.2, 0.25) is 5.15 Å². The second-order valence-corrected chi connectivity index (χ2v) is 7.82. The fourth-order valence-electron chi connectivity index (χ4n) is 2.46. The third-order valence-corrected chi connectivity index (χ3v) is 5.42. The van der Waals surface area contributed by atoms with E-state index in [1.54, 1.807) is 11.6 Å². The minimum atomic E-state index is -0.325. The highest BCUT2D eigenvalue weighted by molar-refractivity contribution is 7.15. The number of aryl methyl sites for hydroxylation is 2. The SMILES string of the molecule is Cc1ccc(Cn2nc(C)c(C(=O)Nc3nnc(C(C)C)s3)c2Cl)cc1. The van der Waals surface area contributed by atoms with Crippen LogP contribution in [-0.2, 0) is 6.54 Å². The summed E-state index contributed by atoms with van der Waals surface area (Å²) < 4.78 is 1.64. The van der Waals surface area contributed by atoms with Gasteiger partial charge in [0, 0.05) is 5.92 Å². The van der Waals surface area contributed by atoms with Gasteiger partial charge in [0.05, 0.1) is 17.8 Å². The third kappa shape index (κ3) is 3.94. The molecule has 0 atom stereocenters. The molecule has 0 aliphatic heterocycles. The number of nitrogens with zero attached hydrogens (tertiary/aromatic N) is 4. The number of hydrogen-bond acceptors (Lipinski definition) is 5. The predicted octanol–water partition coefficient (Wildman–Crippen LogP) is 4.43. The van der Waals surface area contributed by atoms with Gasteiger partial charge in [0.25, 0.3) is 5.91 Å². The van der Waals surface area contributed by atoms with Crippen molar-refractivity contribution >= 4 is 34.0 Å². The standard InChI is InChI=1S/C18H20ClN5OS/c1-10(2)17-21-22-18(26-17)20-16(25)14-12(4)23-24(15(14)19)9-13-7-5-11(3)6-8-13/h5-8,10H,9H2,1-4H3,(H,20,22,25). The van der Waals surface area contributed by atoms with E-state index in [9.17, 15) is 4.79 Å². The van der Waals surface area contributed by atoms with Gasteiger partial charge in [-0.15, -0.1) is 10.2 Å². The zero-order valence-electron chi connectivity index (χ0n) is 15.1. The lowest BCUT2D eigenvalue weighted by Gasteiger charge is -2.05. The first kappa shape index (κ1) is 18.5. The number of nitrogens with one attached hydrogen (secondary N) is 1. The molecule has 0 aliphatic rings. The molecule has 0 spiro atoms. The molecule has 136 valence electrons. The highest BCUT2D eigenvalue weighted by atomic mass is 35.5. The van der Waals surface area contributed by atoms with Crippen LogP contribution in [0, 0.1) is 13.8 Å². The summed E-state index contributed by atoms with van der Waals surface area (Å²) in [5.41, 5.74) is 3.19. The van der Waals surface area contributed by atoms with E-state index in [1.165, 1.54) is 16.9 Å². The first-order valence-electron chi connectivity index (χ1n) is 8.28. The maximum atomic E-state index is 12.6. The molecule has 1 amide bonds. The Hall–Kier alpha value is -2.25. The minimum absolute atomic E-state index is 0.265. The Morgan fingerprint density at radius 3 is 2.54 bits per heavy atom. The van der Waals surface area contributed by atoms with Crippen LogP contribution < -0.4 is 5.32 Å². The van der Waals surface area contributed by atoms with Crippen LogP contribution in [0.3, 0.4) is 0 Å². The summed E-state index contributed by atoms with van der Waals surface area (Å²) in [6.45, 7) is 8.37. The number of aromatic nitrogens is 4. The molecular formula is C18H20ClN5OS. The van der Waals surface area contributed by atoms with Crippen LogP contribution in [0.25, 0.3) is 0 Å². The zero-order chi connectivity index (χ0) is 18.8. The fourth-order valence-corrected chi connectivity index (χ4v) is 3.52. The minimum Gasteiger partial charge on any atom is -0.296 e. The van der Waals surface area contributed by atoms with Crippen LogP contribution >= 0.6 is 22.9 Å². The lowest BCUT2D eigenvalue weighted by molar-refractivity contribution is 0.102. The van der Waals surface area contributed by atoms with Gasteiger partial charge >= 0.3 is 0 Å². The molecule has 3 aromatic rings. The van der Waals surface area contributed by atoms with E-state index in [-0.39, 0.29) is 11.8 Å². The third-order valence-electron chi connectivity index (χ3n) is 3.90. The lowest BCUT2D eigenvalue weighted by Crippen LogP contribution is -2.13. The highest BCUT2D eigenvalue weighted by Crippen LogP contribution is 2.25. The van der Waals surface area contributed by atoms with Gasteiger partial charge in [-0.25, -0.2) is 4.68 Å². The summed E-state index contributed by atoms with van der Waals surface area (Å²) >= 11 is 7.80. The zero-order valence-corrected chi connectivity index (χ0v) is 16.6. The van der Waals surface area contributed by atoms with Crippen molar-refractivity contribution in [2.45, 2.75) is 40.2 Å². The smallest absolute Gasteiger partial charge is 0.262 e. The van der Waals surface area contributed by atoms with Gasteiger partial charge < -0.3 is 0 Å². The van der Waals surface area contributed by atoms with Gasteiger partial charge in [0.2, 0.25) is 5.13 Å². The predicted molar refractivity (Wildman–Crippen MR) is 104 cm³/mol. The number of hydrogen-bond donors (Lipinski definition) is 1. The van der Waals surface area contributed by atoms with E-state index in [0.29, 0.717) is 28.1 Å². The van der Waals surface area contributed by atoms with Crippen molar-refractivity contribution in [3.05, 3.63) is 56.8 Å². The summed E-state index contributed by atoms with van der Waals surface area (Å²) in [5.74, 6) is -0.0603. The van der Waals surface area contributed by atoms with Crippen LogP contribution in [0.15, 0.2) is 24.3 Å². The number of benzene rings is 1. The van der Waals surface area contributed by atoms with Gasteiger partial charge in [0.15, 0.2) is 0 Å². The van der Waals surface area contributed by atoms with E-state index < -0.39 is 0 Å². The number of anilines is 1. The molecule has 0 bridgehead atoms. The molecule has 2 heterocycles. The Bertz CT molecular complexity index is 930. The van der Waals surface area contributed by atoms with E-state index in [2.05, 4.69) is 20.6 Å². The molecular weight excluding hydrogens is 370 g/mol. The van der Waals surface area contributed by atoms with E-state index >= 15 is 0 Å². The number of carbonyl (C=O) groups is 1. The Morgan fingerprint density at radius 2 is 1.92 bits per heavy atom. The molecule has 0 radical (unpaired) electrons. The quantitative estimate of drug-likeness (QED) is 0.700. The molecule has 3 rings (SSSR count). The average Bonchev–Trinajstić information content (AvgIpc) is 3.15. The molecule has 0 unspecified atom stereocenters. The van der Waals surface area contributed by atoms with E-state index in [4.69, 9.17) is 11.6 Å². The van der Waals surface area contributed by atoms with Crippen molar-refractivity contribution in [3.63, 3.8) is 0 Å². The van der Waals surface area contributed by atoms with Gasteiger partial charge in [-0.1, -0.05) is 66.6 Å². The Kier molecular flexibility index (Phi) is 5.38. The van der Waals surface area contributed by atoms with Crippen LogP contribution in [0.5, 0.6) is 0 Å². The fraction of sp³-hybridized carbons (Fsp3) is 0.333. The summed E-state index contributed by atoms with van der Waals surface area (Å²) in [6.07, 6.45) is 0. The molecule has 1 aromatic carbocycles. The highest BCUT2D eigenvalue weighted by Gasteiger charge is 2.22. The van der Waals surface area contributed by atoms with Crippen LogP contribution in [-0.4, -0.2) is 25.9 Å². The number of amides is 1. The lowest BCUT2D eigenvalue weighted by atomic mass is 10.1. The van der Waals surface area contributed by atoms with Crippen LogP contribution in [0.4, 0.5) is 5.13 Å². The normalized spacial score (nSPS) is 11.2. The van der Waals surface area contributed by atoms with Crippen molar-refractivity contribution in [2.75, 3.05) is 5.32 Å². The Labute approximate surface area is 161 Å². The number of rotatable bonds is 5.